The third-order valence-corrected chi connectivity index (χ3v) is 4.03. The molecule has 104 valence electrons. The molecular formula is C16H15BrClNO. The molecule has 0 saturated heterocycles. The summed E-state index contributed by atoms with van der Waals surface area (Å²) in [4.78, 5) is 12.3. The molecule has 20 heavy (non-hydrogen) atoms. The number of carbonyl (C=O) groups excluding carboxylic acids is 1. The number of aryl methyl sites for hydroxylation is 2. The van der Waals surface area contributed by atoms with Crippen LogP contribution in [0.5, 0.6) is 0 Å². The highest BCUT2D eigenvalue weighted by atomic mass is 79.9. The van der Waals surface area contributed by atoms with Gasteiger partial charge in [0.1, 0.15) is 0 Å². The first kappa shape index (κ1) is 15.1. The third kappa shape index (κ3) is 3.41. The number of rotatable bonds is 3. The van der Waals surface area contributed by atoms with Gasteiger partial charge in [-0.05, 0) is 60.9 Å². The maximum atomic E-state index is 12.3. The monoisotopic (exact) mass is 351 g/mol. The minimum absolute atomic E-state index is 0.123. The van der Waals surface area contributed by atoms with Crippen molar-refractivity contribution in [2.75, 3.05) is 5.32 Å². The van der Waals surface area contributed by atoms with E-state index in [1.165, 1.54) is 0 Å². The Bertz CT molecular complexity index is 655. The van der Waals surface area contributed by atoms with E-state index in [2.05, 4.69) is 28.2 Å². The number of amides is 1. The Morgan fingerprint density at radius 1 is 1.25 bits per heavy atom. The predicted molar refractivity (Wildman–Crippen MR) is 87.7 cm³/mol. The lowest BCUT2D eigenvalue weighted by Gasteiger charge is -2.11. The summed E-state index contributed by atoms with van der Waals surface area (Å²) in [7, 11) is 0. The number of halogens is 2. The minimum atomic E-state index is -0.123. The second-order valence-corrected chi connectivity index (χ2v) is 5.90. The van der Waals surface area contributed by atoms with E-state index in [9.17, 15) is 4.79 Å². The molecule has 0 bridgehead atoms. The highest BCUT2D eigenvalue weighted by Crippen LogP contribution is 2.23. The first-order valence-electron chi connectivity index (χ1n) is 6.37. The van der Waals surface area contributed by atoms with Crippen molar-refractivity contribution in [3.8, 4) is 0 Å². The molecule has 0 atom stereocenters. The van der Waals surface area contributed by atoms with Crippen LogP contribution in [-0.2, 0) is 6.42 Å². The van der Waals surface area contributed by atoms with Gasteiger partial charge in [-0.1, -0.05) is 34.5 Å². The second-order valence-electron chi connectivity index (χ2n) is 4.57. The Morgan fingerprint density at radius 3 is 2.65 bits per heavy atom. The highest BCUT2D eigenvalue weighted by molar-refractivity contribution is 9.10. The molecule has 0 aliphatic rings. The number of nitrogens with one attached hydrogen (secondary N) is 1. The molecule has 0 spiro atoms. The summed E-state index contributed by atoms with van der Waals surface area (Å²) in [6.07, 6.45) is 0.856. The molecule has 0 aliphatic carbocycles. The molecule has 0 unspecified atom stereocenters. The van der Waals surface area contributed by atoms with Gasteiger partial charge in [0.15, 0.2) is 0 Å². The van der Waals surface area contributed by atoms with Crippen LogP contribution in [0.2, 0.25) is 5.02 Å². The predicted octanol–water partition coefficient (Wildman–Crippen LogP) is 5.23. The van der Waals surface area contributed by atoms with Gasteiger partial charge in [0.2, 0.25) is 0 Å². The number of hydrogen-bond acceptors (Lipinski definition) is 1. The summed E-state index contributed by atoms with van der Waals surface area (Å²) in [6, 6.07) is 11.1. The maximum Gasteiger partial charge on any atom is 0.255 e. The highest BCUT2D eigenvalue weighted by Gasteiger charge is 2.10. The molecule has 2 nitrogen and oxygen atoms in total. The topological polar surface area (TPSA) is 29.1 Å². The Kier molecular flexibility index (Phi) is 4.84. The van der Waals surface area contributed by atoms with Crippen LogP contribution in [0.4, 0.5) is 5.69 Å². The Hall–Kier alpha value is -1.32. The zero-order valence-corrected chi connectivity index (χ0v) is 13.7. The van der Waals surface area contributed by atoms with Crippen molar-refractivity contribution in [2.45, 2.75) is 20.3 Å². The molecule has 0 aliphatic heterocycles. The molecule has 4 heteroatoms. The first-order valence-corrected chi connectivity index (χ1v) is 7.54. The van der Waals surface area contributed by atoms with Gasteiger partial charge in [-0.25, -0.2) is 0 Å². The van der Waals surface area contributed by atoms with Gasteiger partial charge in [-0.2, -0.15) is 0 Å². The Morgan fingerprint density at radius 2 is 2.00 bits per heavy atom. The molecule has 0 saturated carbocycles. The zero-order chi connectivity index (χ0) is 14.7. The van der Waals surface area contributed by atoms with Crippen LogP contribution in [0.3, 0.4) is 0 Å². The summed E-state index contributed by atoms with van der Waals surface area (Å²) >= 11 is 9.41. The molecule has 2 aromatic carbocycles. The molecule has 0 radical (unpaired) electrons. The molecular weight excluding hydrogens is 338 g/mol. The first-order chi connectivity index (χ1) is 9.51. The summed E-state index contributed by atoms with van der Waals surface area (Å²) in [5.74, 6) is -0.123. The maximum absolute atomic E-state index is 12.3. The molecule has 0 fully saturated rings. The number of anilines is 1. The number of benzene rings is 2. The van der Waals surface area contributed by atoms with Gasteiger partial charge < -0.3 is 5.32 Å². The van der Waals surface area contributed by atoms with Gasteiger partial charge in [0, 0.05) is 20.7 Å². The average molecular weight is 353 g/mol. The van der Waals surface area contributed by atoms with E-state index in [4.69, 9.17) is 11.6 Å². The number of carbonyl (C=O) groups is 1. The van der Waals surface area contributed by atoms with Gasteiger partial charge in [0.05, 0.1) is 0 Å². The molecule has 0 heterocycles. The Labute approximate surface area is 132 Å². The quantitative estimate of drug-likeness (QED) is 0.805. The van der Waals surface area contributed by atoms with Gasteiger partial charge in [-0.3, -0.25) is 4.79 Å². The van der Waals surface area contributed by atoms with E-state index < -0.39 is 0 Å². The molecule has 2 rings (SSSR count). The standard InChI is InChI=1S/C16H15BrClNO/c1-3-11-9-13(17)5-7-15(11)19-16(20)12-4-6-14(18)10(2)8-12/h4-9H,3H2,1-2H3,(H,19,20). The fourth-order valence-electron chi connectivity index (χ4n) is 1.96. The van der Waals surface area contributed by atoms with Crippen LogP contribution < -0.4 is 5.32 Å². The van der Waals surface area contributed by atoms with Crippen molar-refractivity contribution in [1.82, 2.24) is 0 Å². The minimum Gasteiger partial charge on any atom is -0.322 e. The molecule has 1 N–H and O–H groups in total. The fraction of sp³-hybridized carbons (Fsp3) is 0.188. The summed E-state index contributed by atoms with van der Waals surface area (Å²) < 4.78 is 1.01. The largest absolute Gasteiger partial charge is 0.322 e. The van der Waals surface area contributed by atoms with Gasteiger partial charge in [-0.15, -0.1) is 0 Å². The van der Waals surface area contributed by atoms with Gasteiger partial charge in [0.25, 0.3) is 5.91 Å². The van der Waals surface area contributed by atoms with E-state index in [-0.39, 0.29) is 5.91 Å². The SMILES string of the molecule is CCc1cc(Br)ccc1NC(=O)c1ccc(Cl)c(C)c1. The van der Waals surface area contributed by atoms with Crippen molar-refractivity contribution in [1.29, 1.82) is 0 Å². The molecule has 2 aromatic rings. The lowest BCUT2D eigenvalue weighted by atomic mass is 10.1. The van der Waals surface area contributed by atoms with E-state index >= 15 is 0 Å². The van der Waals surface area contributed by atoms with Crippen LogP contribution in [0.1, 0.15) is 28.4 Å². The van der Waals surface area contributed by atoms with E-state index in [0.29, 0.717) is 10.6 Å². The average Bonchev–Trinajstić information content (AvgIpc) is 2.43. The van der Waals surface area contributed by atoms with Crippen molar-refractivity contribution in [3.63, 3.8) is 0 Å². The van der Waals surface area contributed by atoms with Crippen molar-refractivity contribution >= 4 is 39.1 Å². The van der Waals surface area contributed by atoms with Crippen LogP contribution in [0.15, 0.2) is 40.9 Å². The molecule has 1 amide bonds. The second kappa shape index (κ2) is 6.42. The lowest BCUT2D eigenvalue weighted by Crippen LogP contribution is -2.13. The van der Waals surface area contributed by atoms with E-state index in [1.54, 1.807) is 18.2 Å². The van der Waals surface area contributed by atoms with E-state index in [1.807, 2.05) is 25.1 Å². The normalized spacial score (nSPS) is 10.4. The van der Waals surface area contributed by atoms with Crippen LogP contribution in [0, 0.1) is 6.92 Å². The van der Waals surface area contributed by atoms with Crippen LogP contribution in [0.25, 0.3) is 0 Å². The van der Waals surface area contributed by atoms with Crippen LogP contribution in [-0.4, -0.2) is 5.91 Å². The Balaban J connectivity index is 2.25. The van der Waals surface area contributed by atoms with E-state index in [0.717, 1.165) is 27.7 Å². The van der Waals surface area contributed by atoms with Crippen molar-refractivity contribution in [2.24, 2.45) is 0 Å². The smallest absolute Gasteiger partial charge is 0.255 e. The van der Waals surface area contributed by atoms with Crippen LogP contribution >= 0.6 is 27.5 Å². The molecule has 0 aromatic heterocycles. The summed E-state index contributed by atoms with van der Waals surface area (Å²) in [5.41, 5.74) is 3.44. The summed E-state index contributed by atoms with van der Waals surface area (Å²) in [6.45, 7) is 3.94. The lowest BCUT2D eigenvalue weighted by molar-refractivity contribution is 0.102. The zero-order valence-electron chi connectivity index (χ0n) is 11.3. The number of hydrogen-bond donors (Lipinski definition) is 1. The van der Waals surface area contributed by atoms with Crippen molar-refractivity contribution in [3.05, 3.63) is 62.6 Å². The fourth-order valence-corrected chi connectivity index (χ4v) is 2.48. The summed E-state index contributed by atoms with van der Waals surface area (Å²) in [5, 5.41) is 3.61. The van der Waals surface area contributed by atoms with Gasteiger partial charge >= 0.3 is 0 Å². The van der Waals surface area contributed by atoms with Crippen molar-refractivity contribution < 1.29 is 4.79 Å². The third-order valence-electron chi connectivity index (χ3n) is 3.12.